The first-order valence-electron chi connectivity index (χ1n) is 6.87. The number of rotatable bonds is 5. The number of carbonyl (C=O) groups excluding carboxylic acids is 1. The average molecular weight is 357 g/mol. The van der Waals surface area contributed by atoms with Gasteiger partial charge in [-0.2, -0.15) is 8.78 Å². The van der Waals surface area contributed by atoms with Gasteiger partial charge in [0.15, 0.2) is 0 Å². The number of hydrogen-bond donors (Lipinski definition) is 0. The first kappa shape index (κ1) is 18.1. The van der Waals surface area contributed by atoms with Crippen molar-refractivity contribution in [2.45, 2.75) is 12.8 Å². The van der Waals surface area contributed by atoms with Crippen molar-refractivity contribution in [1.82, 2.24) is 10.0 Å². The number of hydrogen-bond acceptors (Lipinski definition) is 4. The first-order valence-corrected chi connectivity index (χ1v) is 7.25. The van der Waals surface area contributed by atoms with Gasteiger partial charge in [-0.1, -0.05) is 11.6 Å². The lowest BCUT2D eigenvalue weighted by atomic mass is 10.1. The molecule has 1 heterocycles. The number of alkyl halides is 2. The lowest BCUT2D eigenvalue weighted by Gasteiger charge is -2.19. The molecule has 8 heteroatoms. The van der Waals surface area contributed by atoms with E-state index in [2.05, 4.69) is 4.98 Å². The van der Waals surface area contributed by atoms with Crippen molar-refractivity contribution < 1.29 is 23.1 Å². The third-order valence-corrected chi connectivity index (χ3v) is 3.36. The fourth-order valence-corrected chi connectivity index (χ4v) is 2.01. The summed E-state index contributed by atoms with van der Waals surface area (Å²) in [6, 6.07) is 8.90. The van der Waals surface area contributed by atoms with Crippen molar-refractivity contribution >= 4 is 17.5 Å². The molecule has 1 aromatic carbocycles. The molecule has 0 radical (unpaired) electrons. The molecule has 0 fully saturated rings. The van der Waals surface area contributed by atoms with Crippen LogP contribution in [-0.4, -0.2) is 30.1 Å². The van der Waals surface area contributed by atoms with Crippen molar-refractivity contribution in [1.29, 1.82) is 0 Å². The molecule has 2 aromatic rings. The largest absolute Gasteiger partial charge is 0.439 e. The molecule has 0 saturated carbocycles. The van der Waals surface area contributed by atoms with Crippen LogP contribution >= 0.6 is 11.6 Å². The summed E-state index contributed by atoms with van der Waals surface area (Å²) in [7, 11) is 2.57. The molecule has 2 rings (SSSR count). The van der Waals surface area contributed by atoms with Crippen LogP contribution in [0.1, 0.15) is 23.0 Å². The molecule has 0 saturated heterocycles. The molecule has 0 spiro atoms. The predicted molar refractivity (Wildman–Crippen MR) is 84.4 cm³/mol. The van der Waals surface area contributed by atoms with Crippen LogP contribution in [0.15, 0.2) is 36.4 Å². The van der Waals surface area contributed by atoms with Gasteiger partial charge in [0.1, 0.15) is 11.4 Å². The molecular weight excluding hydrogens is 342 g/mol. The molecular formula is C16H15ClF2N2O3. The molecule has 0 aliphatic carbocycles. The second-order valence-corrected chi connectivity index (χ2v) is 5.41. The smallest absolute Gasteiger partial charge is 0.287 e. The van der Waals surface area contributed by atoms with Crippen LogP contribution in [0, 0.1) is 0 Å². The minimum atomic E-state index is -3.33. The zero-order valence-electron chi connectivity index (χ0n) is 13.2. The number of ether oxygens (including phenoxy) is 1. The minimum Gasteiger partial charge on any atom is -0.439 e. The zero-order chi connectivity index (χ0) is 17.9. The number of amides is 1. The fourth-order valence-electron chi connectivity index (χ4n) is 1.88. The number of hydroxylamine groups is 2. The topological polar surface area (TPSA) is 51.7 Å². The van der Waals surface area contributed by atoms with Gasteiger partial charge >= 0.3 is 0 Å². The molecule has 1 amide bonds. The maximum Gasteiger partial charge on any atom is 0.287 e. The third kappa shape index (κ3) is 4.18. The SMILES string of the molecule is CON(C)C(=O)c1ccc(Oc2ccc(Cl)cc2)nc1C(C)(F)F. The molecule has 0 aliphatic rings. The van der Waals surface area contributed by atoms with Crippen LogP contribution in [0.4, 0.5) is 8.78 Å². The second-order valence-electron chi connectivity index (χ2n) is 4.98. The molecule has 5 nitrogen and oxygen atoms in total. The Labute approximate surface area is 142 Å². The van der Waals surface area contributed by atoms with Gasteiger partial charge in [-0.15, -0.1) is 0 Å². The maximum atomic E-state index is 13.9. The Bertz CT molecular complexity index is 733. The highest BCUT2D eigenvalue weighted by Gasteiger charge is 2.33. The Morgan fingerprint density at radius 1 is 1.21 bits per heavy atom. The average Bonchev–Trinajstić information content (AvgIpc) is 2.54. The molecule has 0 aliphatic heterocycles. The van der Waals surface area contributed by atoms with Crippen molar-refractivity contribution in [2.24, 2.45) is 0 Å². The quantitative estimate of drug-likeness (QED) is 0.751. The number of carbonyl (C=O) groups is 1. The van der Waals surface area contributed by atoms with E-state index < -0.39 is 17.5 Å². The number of nitrogens with zero attached hydrogens (tertiary/aromatic N) is 2. The second kappa shape index (κ2) is 7.11. The number of aromatic nitrogens is 1. The van der Waals surface area contributed by atoms with Gasteiger partial charge in [-0.25, -0.2) is 10.0 Å². The highest BCUT2D eigenvalue weighted by molar-refractivity contribution is 6.30. The predicted octanol–water partition coefficient (Wildman–Crippen LogP) is 4.27. The van der Waals surface area contributed by atoms with Crippen molar-refractivity contribution in [3.05, 3.63) is 52.7 Å². The summed E-state index contributed by atoms with van der Waals surface area (Å²) < 4.78 is 33.2. The summed E-state index contributed by atoms with van der Waals surface area (Å²) in [6.07, 6.45) is 0. The van der Waals surface area contributed by atoms with Gasteiger partial charge in [0.05, 0.1) is 12.7 Å². The highest BCUT2D eigenvalue weighted by atomic mass is 35.5. The first-order chi connectivity index (χ1) is 11.2. The van der Waals surface area contributed by atoms with E-state index in [1.54, 1.807) is 24.3 Å². The van der Waals surface area contributed by atoms with E-state index >= 15 is 0 Å². The molecule has 128 valence electrons. The minimum absolute atomic E-state index is 0.0644. The third-order valence-electron chi connectivity index (χ3n) is 3.11. The molecule has 1 aromatic heterocycles. The highest BCUT2D eigenvalue weighted by Crippen LogP contribution is 2.32. The van der Waals surface area contributed by atoms with Crippen LogP contribution in [0.3, 0.4) is 0 Å². The van der Waals surface area contributed by atoms with Crippen molar-refractivity contribution in [3.63, 3.8) is 0 Å². The Hall–Kier alpha value is -2.25. The van der Waals surface area contributed by atoms with Gasteiger partial charge < -0.3 is 4.74 Å². The number of halogens is 3. The molecule has 0 atom stereocenters. The normalized spacial score (nSPS) is 11.2. The summed E-state index contributed by atoms with van der Waals surface area (Å²) in [6.45, 7) is 0.658. The van der Waals surface area contributed by atoms with E-state index in [9.17, 15) is 13.6 Å². The van der Waals surface area contributed by atoms with Crippen molar-refractivity contribution in [3.8, 4) is 11.6 Å². The molecule has 0 unspecified atom stereocenters. The standard InChI is InChI=1S/C16H15ClF2N2O3/c1-16(18,19)14-12(15(22)21(2)23-3)8-9-13(20-14)24-11-6-4-10(17)5-7-11/h4-9H,1-3H3. The van der Waals surface area contributed by atoms with E-state index in [0.29, 0.717) is 17.7 Å². The van der Waals surface area contributed by atoms with E-state index in [0.717, 1.165) is 5.06 Å². The Morgan fingerprint density at radius 2 is 1.83 bits per heavy atom. The van der Waals surface area contributed by atoms with Gasteiger partial charge in [0.25, 0.3) is 11.8 Å². The number of pyridine rings is 1. The van der Waals surface area contributed by atoms with Crippen LogP contribution < -0.4 is 4.74 Å². The monoisotopic (exact) mass is 356 g/mol. The fraction of sp³-hybridized carbons (Fsp3) is 0.250. The van der Waals surface area contributed by atoms with E-state index in [-0.39, 0.29) is 11.4 Å². The molecule has 0 N–H and O–H groups in total. The lowest BCUT2D eigenvalue weighted by Crippen LogP contribution is -2.28. The maximum absolute atomic E-state index is 13.9. The summed E-state index contributed by atoms with van der Waals surface area (Å²) in [5.41, 5.74) is -0.960. The number of benzene rings is 1. The van der Waals surface area contributed by atoms with Crippen LogP contribution in [0.25, 0.3) is 0 Å². The Balaban J connectivity index is 2.39. The Kier molecular flexibility index (Phi) is 5.36. The lowest BCUT2D eigenvalue weighted by molar-refractivity contribution is -0.0764. The van der Waals surface area contributed by atoms with Gasteiger partial charge in [0, 0.05) is 25.1 Å². The van der Waals surface area contributed by atoms with Gasteiger partial charge in [-0.05, 0) is 30.3 Å². The van der Waals surface area contributed by atoms with E-state index in [1.807, 2.05) is 0 Å². The summed E-state index contributed by atoms with van der Waals surface area (Å²) in [4.78, 5) is 20.7. The van der Waals surface area contributed by atoms with Crippen LogP contribution in [-0.2, 0) is 10.8 Å². The summed E-state index contributed by atoms with van der Waals surface area (Å²) in [5.74, 6) is -3.76. The van der Waals surface area contributed by atoms with Gasteiger partial charge in [0.2, 0.25) is 5.88 Å². The van der Waals surface area contributed by atoms with Crippen molar-refractivity contribution in [2.75, 3.05) is 14.2 Å². The van der Waals surface area contributed by atoms with E-state index in [1.165, 1.54) is 26.3 Å². The Morgan fingerprint density at radius 3 is 2.38 bits per heavy atom. The molecule has 0 bridgehead atoms. The van der Waals surface area contributed by atoms with E-state index in [4.69, 9.17) is 21.2 Å². The van der Waals surface area contributed by atoms with Crippen LogP contribution in [0.5, 0.6) is 11.6 Å². The zero-order valence-corrected chi connectivity index (χ0v) is 14.0. The summed E-state index contributed by atoms with van der Waals surface area (Å²) in [5, 5.41) is 1.35. The molecule has 24 heavy (non-hydrogen) atoms. The van der Waals surface area contributed by atoms with Crippen LogP contribution in [0.2, 0.25) is 5.02 Å². The summed E-state index contributed by atoms with van der Waals surface area (Å²) >= 11 is 5.77. The van der Waals surface area contributed by atoms with Gasteiger partial charge in [-0.3, -0.25) is 9.63 Å².